The molecular formula is C12H7ClN2O4S2. The Kier molecular flexibility index (Phi) is 4.18. The molecule has 0 aliphatic rings. The molecule has 1 aromatic carbocycles. The number of nitriles is 1. The lowest BCUT2D eigenvalue weighted by molar-refractivity contribution is 0.0702. The Labute approximate surface area is 129 Å². The molecule has 108 valence electrons. The second-order valence-corrected chi connectivity index (χ2v) is 6.86. The molecule has 21 heavy (non-hydrogen) atoms. The van der Waals surface area contributed by atoms with E-state index in [2.05, 4.69) is 4.72 Å². The van der Waals surface area contributed by atoms with Gasteiger partial charge in [-0.25, -0.2) is 13.2 Å². The number of carboxylic acid groups (broad SMARTS) is 1. The molecule has 2 N–H and O–H groups in total. The molecule has 0 fully saturated rings. The van der Waals surface area contributed by atoms with Crippen molar-refractivity contribution in [1.29, 1.82) is 5.26 Å². The van der Waals surface area contributed by atoms with Crippen LogP contribution in [-0.2, 0) is 10.0 Å². The molecule has 0 unspecified atom stereocenters. The number of carboxylic acids is 1. The summed E-state index contributed by atoms with van der Waals surface area (Å²) in [5.74, 6) is -1.20. The van der Waals surface area contributed by atoms with Gasteiger partial charge in [-0.3, -0.25) is 4.72 Å². The largest absolute Gasteiger partial charge is 0.477 e. The molecule has 6 nitrogen and oxygen atoms in total. The van der Waals surface area contributed by atoms with Gasteiger partial charge in [0, 0.05) is 5.38 Å². The van der Waals surface area contributed by atoms with Gasteiger partial charge in [-0.1, -0.05) is 11.6 Å². The third kappa shape index (κ3) is 3.33. The number of sulfonamides is 1. The van der Waals surface area contributed by atoms with Crippen molar-refractivity contribution in [2.24, 2.45) is 0 Å². The van der Waals surface area contributed by atoms with E-state index in [1.165, 1.54) is 23.6 Å². The van der Waals surface area contributed by atoms with Gasteiger partial charge in [-0.15, -0.1) is 11.3 Å². The fourth-order valence-electron chi connectivity index (χ4n) is 1.44. The molecule has 0 aliphatic heterocycles. The van der Waals surface area contributed by atoms with Gasteiger partial charge in [0.2, 0.25) is 0 Å². The summed E-state index contributed by atoms with van der Waals surface area (Å²) in [6.45, 7) is 0. The molecule has 0 amide bonds. The Morgan fingerprint density at radius 3 is 2.62 bits per heavy atom. The summed E-state index contributed by atoms with van der Waals surface area (Å²) >= 11 is 6.70. The Morgan fingerprint density at radius 1 is 1.38 bits per heavy atom. The van der Waals surface area contributed by atoms with Crippen molar-refractivity contribution in [3.63, 3.8) is 0 Å². The summed E-state index contributed by atoms with van der Waals surface area (Å²) in [7, 11) is -3.94. The molecule has 2 aromatic rings. The van der Waals surface area contributed by atoms with Gasteiger partial charge in [0.1, 0.15) is 4.88 Å². The molecule has 9 heteroatoms. The first-order chi connectivity index (χ1) is 9.83. The van der Waals surface area contributed by atoms with Crippen molar-refractivity contribution >= 4 is 44.6 Å². The van der Waals surface area contributed by atoms with Crippen molar-refractivity contribution in [2.45, 2.75) is 4.90 Å². The number of nitrogens with one attached hydrogen (secondary N) is 1. The van der Waals surface area contributed by atoms with Crippen LogP contribution in [0.2, 0.25) is 5.02 Å². The Morgan fingerprint density at radius 2 is 2.10 bits per heavy atom. The van der Waals surface area contributed by atoms with Crippen molar-refractivity contribution in [3.8, 4) is 6.07 Å². The lowest BCUT2D eigenvalue weighted by Crippen LogP contribution is -2.12. The van der Waals surface area contributed by atoms with E-state index in [4.69, 9.17) is 22.0 Å². The maximum atomic E-state index is 12.1. The summed E-state index contributed by atoms with van der Waals surface area (Å²) in [5.41, 5.74) is 0.408. The first-order valence-corrected chi connectivity index (χ1v) is 8.12. The van der Waals surface area contributed by atoms with E-state index >= 15 is 0 Å². The number of hydrogen-bond acceptors (Lipinski definition) is 5. The van der Waals surface area contributed by atoms with Crippen LogP contribution in [0, 0.1) is 11.3 Å². The highest BCUT2D eigenvalue weighted by Gasteiger charge is 2.19. The van der Waals surface area contributed by atoms with Gasteiger partial charge in [0.25, 0.3) is 10.0 Å². The number of thiophene rings is 1. The lowest BCUT2D eigenvalue weighted by atomic mass is 10.2. The maximum Gasteiger partial charge on any atom is 0.345 e. The normalized spacial score (nSPS) is 10.9. The minimum Gasteiger partial charge on any atom is -0.477 e. The third-order valence-electron chi connectivity index (χ3n) is 2.44. The molecule has 0 bridgehead atoms. The van der Waals surface area contributed by atoms with Gasteiger partial charge in [-0.05, 0) is 24.3 Å². The first-order valence-electron chi connectivity index (χ1n) is 5.38. The smallest absolute Gasteiger partial charge is 0.345 e. The zero-order valence-electron chi connectivity index (χ0n) is 10.2. The SMILES string of the molecule is N#Cc1ccc(NS(=O)(=O)c2csc(C(=O)O)c2)c(Cl)c1. The monoisotopic (exact) mass is 342 g/mol. The van der Waals surface area contributed by atoms with Crippen LogP contribution in [0.5, 0.6) is 0 Å². The Balaban J connectivity index is 2.33. The molecule has 0 saturated heterocycles. The van der Waals surface area contributed by atoms with Crippen LogP contribution in [0.15, 0.2) is 34.5 Å². The predicted molar refractivity (Wildman–Crippen MR) is 78.3 cm³/mol. The third-order valence-corrected chi connectivity index (χ3v) is 5.16. The maximum absolute atomic E-state index is 12.1. The van der Waals surface area contributed by atoms with Crippen LogP contribution in [0.1, 0.15) is 15.2 Å². The van der Waals surface area contributed by atoms with E-state index in [1.54, 1.807) is 0 Å². The number of nitrogens with zero attached hydrogens (tertiary/aromatic N) is 1. The van der Waals surface area contributed by atoms with Gasteiger partial charge in [0.15, 0.2) is 0 Å². The van der Waals surface area contributed by atoms with Crippen LogP contribution < -0.4 is 4.72 Å². The molecule has 0 aliphatic carbocycles. The molecule has 1 aromatic heterocycles. The Bertz CT molecular complexity index is 852. The van der Waals surface area contributed by atoms with Crippen LogP contribution in [0.3, 0.4) is 0 Å². The van der Waals surface area contributed by atoms with Crippen LogP contribution in [-0.4, -0.2) is 19.5 Å². The summed E-state index contributed by atoms with van der Waals surface area (Å²) in [6, 6.07) is 7.05. The van der Waals surface area contributed by atoms with Gasteiger partial charge in [0.05, 0.1) is 27.2 Å². The summed E-state index contributed by atoms with van der Waals surface area (Å²) in [5, 5.41) is 18.8. The van der Waals surface area contributed by atoms with E-state index in [-0.39, 0.29) is 20.5 Å². The van der Waals surface area contributed by atoms with E-state index in [0.29, 0.717) is 5.56 Å². The minimum atomic E-state index is -3.94. The van der Waals surface area contributed by atoms with Crippen LogP contribution in [0.4, 0.5) is 5.69 Å². The fourth-order valence-corrected chi connectivity index (χ4v) is 3.92. The van der Waals surface area contributed by atoms with Crippen LogP contribution >= 0.6 is 22.9 Å². The second kappa shape index (κ2) is 5.73. The van der Waals surface area contributed by atoms with Gasteiger partial charge in [-0.2, -0.15) is 5.26 Å². The first kappa shape index (κ1) is 15.3. The number of anilines is 1. The number of aromatic carboxylic acids is 1. The predicted octanol–water partition coefficient (Wildman–Crippen LogP) is 2.77. The van der Waals surface area contributed by atoms with Crippen molar-refractivity contribution < 1.29 is 18.3 Å². The van der Waals surface area contributed by atoms with E-state index in [1.807, 2.05) is 6.07 Å². The zero-order chi connectivity index (χ0) is 15.6. The molecule has 0 radical (unpaired) electrons. The molecule has 0 atom stereocenters. The Hall–Kier alpha value is -2.08. The molecular weight excluding hydrogens is 336 g/mol. The summed E-state index contributed by atoms with van der Waals surface area (Å²) in [4.78, 5) is 10.5. The summed E-state index contributed by atoms with van der Waals surface area (Å²) < 4.78 is 26.5. The zero-order valence-corrected chi connectivity index (χ0v) is 12.6. The van der Waals surface area contributed by atoms with Gasteiger partial charge >= 0.3 is 5.97 Å². The molecule has 1 heterocycles. The molecule has 2 rings (SSSR count). The standard InChI is InChI=1S/C12H7ClN2O4S2/c13-9-3-7(5-14)1-2-10(9)15-21(18,19)8-4-11(12(16)17)20-6-8/h1-4,6,15H,(H,16,17). The van der Waals surface area contributed by atoms with Crippen molar-refractivity contribution in [3.05, 3.63) is 45.1 Å². The minimum absolute atomic E-state index is 0.0753. The van der Waals surface area contributed by atoms with Crippen LogP contribution in [0.25, 0.3) is 0 Å². The number of rotatable bonds is 4. The topological polar surface area (TPSA) is 107 Å². The number of hydrogen-bond donors (Lipinski definition) is 2. The lowest BCUT2D eigenvalue weighted by Gasteiger charge is -2.08. The fraction of sp³-hybridized carbons (Fsp3) is 0. The molecule has 0 saturated carbocycles. The highest BCUT2D eigenvalue weighted by molar-refractivity contribution is 7.92. The summed E-state index contributed by atoms with van der Waals surface area (Å²) in [6.07, 6.45) is 0. The average Bonchev–Trinajstić information content (AvgIpc) is 2.91. The van der Waals surface area contributed by atoms with E-state index in [0.717, 1.165) is 17.4 Å². The number of halogens is 1. The highest BCUT2D eigenvalue weighted by Crippen LogP contribution is 2.27. The van der Waals surface area contributed by atoms with Gasteiger partial charge < -0.3 is 5.11 Å². The van der Waals surface area contributed by atoms with Crippen molar-refractivity contribution in [2.75, 3.05) is 4.72 Å². The highest BCUT2D eigenvalue weighted by atomic mass is 35.5. The number of benzene rings is 1. The second-order valence-electron chi connectivity index (χ2n) is 3.86. The molecule has 0 spiro atoms. The van der Waals surface area contributed by atoms with Crippen molar-refractivity contribution in [1.82, 2.24) is 0 Å². The van der Waals surface area contributed by atoms with E-state index in [9.17, 15) is 13.2 Å². The average molecular weight is 343 g/mol. The number of carbonyl (C=O) groups is 1. The van der Waals surface area contributed by atoms with E-state index < -0.39 is 16.0 Å². The quantitative estimate of drug-likeness (QED) is 0.888.